The highest BCUT2D eigenvalue weighted by atomic mass is 16.2. The van der Waals surface area contributed by atoms with Gasteiger partial charge in [0.05, 0.1) is 5.52 Å². The maximum absolute atomic E-state index is 8.93. The van der Waals surface area contributed by atoms with Crippen molar-refractivity contribution in [3.63, 3.8) is 0 Å². The zero-order valence-corrected chi connectivity index (χ0v) is 10.3. The molecule has 1 N–H and O–H groups in total. The van der Waals surface area contributed by atoms with E-state index >= 15 is 0 Å². The molecule has 0 atom stereocenters. The summed E-state index contributed by atoms with van der Waals surface area (Å²) in [5.41, 5.74) is 3.22. The summed E-state index contributed by atoms with van der Waals surface area (Å²) in [5.74, 6) is 0.911. The second-order valence-corrected chi connectivity index (χ2v) is 4.53. The summed E-state index contributed by atoms with van der Waals surface area (Å²) < 4.78 is 2.07. The number of hydrogen-bond donors (Lipinski definition) is 1. The topological polar surface area (TPSA) is 50.4 Å². The Morgan fingerprint density at radius 3 is 2.89 bits per heavy atom. The predicted molar refractivity (Wildman–Crippen MR) is 70.6 cm³/mol. The number of fused-ring (bicyclic) bond motifs is 3. The number of hydrogen-bond acceptors (Lipinski definition) is 3. The molecule has 0 unspecified atom stereocenters. The van der Waals surface area contributed by atoms with Crippen molar-refractivity contribution >= 4 is 16.6 Å². The minimum atomic E-state index is 0.179. The van der Waals surface area contributed by atoms with Crippen LogP contribution >= 0.6 is 0 Å². The van der Waals surface area contributed by atoms with Gasteiger partial charge in [-0.15, -0.1) is 10.2 Å². The van der Waals surface area contributed by atoms with E-state index in [1.165, 1.54) is 10.9 Å². The number of rotatable bonds is 3. The summed E-state index contributed by atoms with van der Waals surface area (Å²) in [5, 5.41) is 18.5. The van der Waals surface area contributed by atoms with Crippen LogP contribution in [0.5, 0.6) is 0 Å². The first kappa shape index (κ1) is 11.2. The van der Waals surface area contributed by atoms with E-state index in [9.17, 15) is 0 Å². The zero-order chi connectivity index (χ0) is 12.5. The second-order valence-electron chi connectivity index (χ2n) is 4.53. The van der Waals surface area contributed by atoms with Gasteiger partial charge >= 0.3 is 0 Å². The molecule has 0 spiro atoms. The molecule has 3 rings (SSSR count). The number of aliphatic hydroxyl groups is 1. The van der Waals surface area contributed by atoms with Gasteiger partial charge in [0.25, 0.3) is 0 Å². The lowest BCUT2D eigenvalue weighted by Gasteiger charge is -2.05. The third-order valence-corrected chi connectivity index (χ3v) is 3.15. The molecule has 92 valence electrons. The van der Waals surface area contributed by atoms with E-state index in [4.69, 9.17) is 5.11 Å². The van der Waals surface area contributed by atoms with E-state index in [1.807, 2.05) is 6.07 Å². The fraction of sp³-hybridized carbons (Fsp3) is 0.286. The SMILES string of the molecule is Cc1ccc2c(ccc3nnc(CCCO)n32)c1. The molecule has 0 fully saturated rings. The van der Waals surface area contributed by atoms with Gasteiger partial charge in [0.15, 0.2) is 5.65 Å². The molecule has 0 radical (unpaired) electrons. The van der Waals surface area contributed by atoms with Gasteiger partial charge in [-0.1, -0.05) is 11.6 Å². The second kappa shape index (κ2) is 4.38. The molecule has 0 saturated heterocycles. The molecule has 0 aliphatic carbocycles. The smallest absolute Gasteiger partial charge is 0.161 e. The molecule has 3 aromatic rings. The van der Waals surface area contributed by atoms with Crippen molar-refractivity contribution < 1.29 is 5.11 Å². The van der Waals surface area contributed by atoms with Crippen molar-refractivity contribution in [3.05, 3.63) is 41.7 Å². The van der Waals surface area contributed by atoms with E-state index in [1.54, 1.807) is 0 Å². The highest BCUT2D eigenvalue weighted by Gasteiger charge is 2.08. The average molecular weight is 241 g/mol. The van der Waals surface area contributed by atoms with Crippen LogP contribution < -0.4 is 0 Å². The number of aliphatic hydroxyl groups excluding tert-OH is 1. The fourth-order valence-corrected chi connectivity index (χ4v) is 2.28. The van der Waals surface area contributed by atoms with Crippen molar-refractivity contribution in [2.24, 2.45) is 0 Å². The molecule has 4 heteroatoms. The van der Waals surface area contributed by atoms with Gasteiger partial charge in [0.1, 0.15) is 5.82 Å². The minimum absolute atomic E-state index is 0.179. The first-order valence-electron chi connectivity index (χ1n) is 6.14. The normalized spacial score (nSPS) is 11.4. The summed E-state index contributed by atoms with van der Waals surface area (Å²) in [6.07, 6.45) is 1.45. The molecule has 0 aliphatic rings. The Labute approximate surface area is 105 Å². The van der Waals surface area contributed by atoms with E-state index in [2.05, 4.69) is 45.8 Å². The van der Waals surface area contributed by atoms with Gasteiger partial charge in [0, 0.05) is 13.0 Å². The first-order chi connectivity index (χ1) is 8.79. The lowest BCUT2D eigenvalue weighted by Crippen LogP contribution is -1.98. The van der Waals surface area contributed by atoms with Crippen molar-refractivity contribution in [1.82, 2.24) is 14.6 Å². The Bertz CT molecular complexity index is 703. The number of benzene rings is 1. The van der Waals surface area contributed by atoms with Gasteiger partial charge in [0.2, 0.25) is 0 Å². The Kier molecular flexibility index (Phi) is 2.72. The molecule has 1 aromatic carbocycles. The van der Waals surface area contributed by atoms with Gasteiger partial charge in [-0.05, 0) is 43.0 Å². The summed E-state index contributed by atoms with van der Waals surface area (Å²) in [6, 6.07) is 10.4. The predicted octanol–water partition coefficient (Wildman–Crippen LogP) is 2.12. The lowest BCUT2D eigenvalue weighted by atomic mass is 10.1. The van der Waals surface area contributed by atoms with Crippen molar-refractivity contribution in [3.8, 4) is 0 Å². The Morgan fingerprint density at radius 1 is 1.17 bits per heavy atom. The van der Waals surface area contributed by atoms with Crippen LogP contribution in [0.4, 0.5) is 0 Å². The molecule has 4 nitrogen and oxygen atoms in total. The van der Waals surface area contributed by atoms with Crippen LogP contribution in [0.15, 0.2) is 30.3 Å². The molecule has 0 aliphatic heterocycles. The molecular formula is C14H15N3O. The number of aryl methyl sites for hydroxylation is 2. The quantitative estimate of drug-likeness (QED) is 0.764. The van der Waals surface area contributed by atoms with Crippen LogP contribution in [0.1, 0.15) is 17.8 Å². The highest BCUT2D eigenvalue weighted by Crippen LogP contribution is 2.19. The Morgan fingerprint density at radius 2 is 2.06 bits per heavy atom. The third kappa shape index (κ3) is 1.75. The molecular weight excluding hydrogens is 226 g/mol. The third-order valence-electron chi connectivity index (χ3n) is 3.15. The van der Waals surface area contributed by atoms with Gasteiger partial charge < -0.3 is 5.11 Å². The van der Waals surface area contributed by atoms with Crippen molar-refractivity contribution in [1.29, 1.82) is 0 Å². The molecule has 2 aromatic heterocycles. The summed E-state index contributed by atoms with van der Waals surface area (Å²) in [6.45, 7) is 2.27. The van der Waals surface area contributed by atoms with Crippen molar-refractivity contribution in [2.75, 3.05) is 6.61 Å². The maximum atomic E-state index is 8.93. The van der Waals surface area contributed by atoms with Gasteiger partial charge in [-0.3, -0.25) is 4.40 Å². The highest BCUT2D eigenvalue weighted by molar-refractivity contribution is 5.82. The first-order valence-corrected chi connectivity index (χ1v) is 6.14. The van der Waals surface area contributed by atoms with Crippen LogP contribution in [-0.4, -0.2) is 26.3 Å². The molecule has 18 heavy (non-hydrogen) atoms. The van der Waals surface area contributed by atoms with E-state index in [-0.39, 0.29) is 6.61 Å². The van der Waals surface area contributed by atoms with E-state index in [0.29, 0.717) is 6.42 Å². The van der Waals surface area contributed by atoms with Crippen LogP contribution in [0.2, 0.25) is 0 Å². The average Bonchev–Trinajstić information content (AvgIpc) is 2.79. The van der Waals surface area contributed by atoms with E-state index < -0.39 is 0 Å². The fourth-order valence-electron chi connectivity index (χ4n) is 2.28. The van der Waals surface area contributed by atoms with Crippen LogP contribution in [0.3, 0.4) is 0 Å². The number of nitrogens with zero attached hydrogens (tertiary/aromatic N) is 3. The molecule has 0 bridgehead atoms. The van der Waals surface area contributed by atoms with Crippen LogP contribution in [0, 0.1) is 6.92 Å². The zero-order valence-electron chi connectivity index (χ0n) is 10.3. The van der Waals surface area contributed by atoms with Gasteiger partial charge in [-0.25, -0.2) is 0 Å². The number of pyridine rings is 1. The van der Waals surface area contributed by atoms with Crippen molar-refractivity contribution in [2.45, 2.75) is 19.8 Å². The standard InChI is InChI=1S/C14H15N3O/c1-10-4-6-12-11(9-10)5-7-14-16-15-13(17(12)14)3-2-8-18/h4-7,9,18H,2-3,8H2,1H3. The van der Waals surface area contributed by atoms with Gasteiger partial charge in [-0.2, -0.15) is 0 Å². The van der Waals surface area contributed by atoms with E-state index in [0.717, 1.165) is 23.4 Å². The molecule has 0 amide bonds. The lowest BCUT2D eigenvalue weighted by molar-refractivity contribution is 0.287. The number of aromatic nitrogens is 3. The Balaban J connectivity index is 2.26. The van der Waals surface area contributed by atoms with Crippen LogP contribution in [0.25, 0.3) is 16.6 Å². The summed E-state index contributed by atoms with van der Waals surface area (Å²) in [4.78, 5) is 0. The summed E-state index contributed by atoms with van der Waals surface area (Å²) >= 11 is 0. The largest absolute Gasteiger partial charge is 0.396 e. The monoisotopic (exact) mass is 241 g/mol. The Hall–Kier alpha value is -1.94. The summed E-state index contributed by atoms with van der Waals surface area (Å²) in [7, 11) is 0. The van der Waals surface area contributed by atoms with Crippen LogP contribution in [-0.2, 0) is 6.42 Å². The minimum Gasteiger partial charge on any atom is -0.396 e. The maximum Gasteiger partial charge on any atom is 0.161 e. The molecule has 2 heterocycles. The molecule has 0 saturated carbocycles.